The number of nitrogens with zero attached hydrogens (tertiary/aromatic N) is 1. The maximum Gasteiger partial charge on any atom is 0.239 e. The number of amides is 1. The lowest BCUT2D eigenvalue weighted by Gasteiger charge is -2.26. The Morgan fingerprint density at radius 1 is 1.53 bits per heavy atom. The van der Waals surface area contributed by atoms with Crippen LogP contribution in [0.2, 0.25) is 0 Å². The van der Waals surface area contributed by atoms with Gasteiger partial charge in [0.1, 0.15) is 5.75 Å². The summed E-state index contributed by atoms with van der Waals surface area (Å²) in [6.07, 6.45) is 1.56. The minimum Gasteiger partial charge on any atom is -0.508 e. The lowest BCUT2D eigenvalue weighted by atomic mass is 10.0. The lowest BCUT2D eigenvalue weighted by molar-refractivity contribution is -0.132. The van der Waals surface area contributed by atoms with Gasteiger partial charge in [-0.25, -0.2) is 0 Å². The summed E-state index contributed by atoms with van der Waals surface area (Å²) >= 11 is 1.88. The van der Waals surface area contributed by atoms with E-state index in [0.29, 0.717) is 12.5 Å². The molecule has 1 aromatic rings. The molecule has 0 aliphatic carbocycles. The van der Waals surface area contributed by atoms with Gasteiger partial charge in [0, 0.05) is 18.8 Å². The molecule has 1 aliphatic heterocycles. The summed E-state index contributed by atoms with van der Waals surface area (Å²) in [7, 11) is 1.84. The second kappa shape index (κ2) is 6.30. The Morgan fingerprint density at radius 2 is 2.21 bits per heavy atom. The Bertz CT molecular complexity index is 430. The quantitative estimate of drug-likeness (QED) is 0.870. The van der Waals surface area contributed by atoms with Gasteiger partial charge in [0.15, 0.2) is 0 Å². The van der Waals surface area contributed by atoms with Gasteiger partial charge in [-0.3, -0.25) is 4.79 Å². The molecule has 4 nitrogen and oxygen atoms in total. The molecule has 0 spiro atoms. The number of nitrogens with two attached hydrogens (primary N) is 1. The molecule has 1 aliphatic rings. The van der Waals surface area contributed by atoms with E-state index in [1.807, 2.05) is 18.8 Å². The Hall–Kier alpha value is -1.20. The average molecular weight is 280 g/mol. The van der Waals surface area contributed by atoms with Crippen LogP contribution >= 0.6 is 11.8 Å². The van der Waals surface area contributed by atoms with E-state index in [9.17, 15) is 9.90 Å². The molecule has 2 atom stereocenters. The van der Waals surface area contributed by atoms with Gasteiger partial charge in [-0.2, -0.15) is 11.8 Å². The molecule has 1 fully saturated rings. The predicted molar refractivity (Wildman–Crippen MR) is 78.3 cm³/mol. The molecule has 0 saturated carbocycles. The van der Waals surface area contributed by atoms with E-state index >= 15 is 0 Å². The zero-order chi connectivity index (χ0) is 13.8. The molecule has 0 bridgehead atoms. The van der Waals surface area contributed by atoms with Gasteiger partial charge in [0.25, 0.3) is 0 Å². The highest BCUT2D eigenvalue weighted by Crippen LogP contribution is 2.22. The monoisotopic (exact) mass is 280 g/mol. The van der Waals surface area contributed by atoms with E-state index in [2.05, 4.69) is 0 Å². The lowest BCUT2D eigenvalue weighted by Crippen LogP contribution is -2.47. The van der Waals surface area contributed by atoms with Gasteiger partial charge in [-0.05, 0) is 36.3 Å². The number of aromatic hydroxyl groups is 1. The number of carbonyl (C=O) groups excluding carboxylic acids is 1. The highest BCUT2D eigenvalue weighted by Gasteiger charge is 2.27. The van der Waals surface area contributed by atoms with Gasteiger partial charge in [0.05, 0.1) is 6.04 Å². The molecule has 1 heterocycles. The molecule has 104 valence electrons. The van der Waals surface area contributed by atoms with Gasteiger partial charge in [-0.15, -0.1) is 0 Å². The second-order valence-corrected chi connectivity index (χ2v) is 6.09. The molecule has 3 N–H and O–H groups in total. The highest BCUT2D eigenvalue weighted by molar-refractivity contribution is 7.99. The number of benzene rings is 1. The Kier molecular flexibility index (Phi) is 4.71. The summed E-state index contributed by atoms with van der Waals surface area (Å²) in [5.41, 5.74) is 6.96. The molecule has 2 rings (SSSR count). The average Bonchev–Trinajstić information content (AvgIpc) is 2.93. The van der Waals surface area contributed by atoms with Crippen LogP contribution in [0.15, 0.2) is 24.3 Å². The topological polar surface area (TPSA) is 66.6 Å². The maximum absolute atomic E-state index is 12.2. The zero-order valence-corrected chi connectivity index (χ0v) is 11.9. The highest BCUT2D eigenvalue weighted by atomic mass is 32.2. The van der Waals surface area contributed by atoms with Crippen molar-refractivity contribution in [1.29, 1.82) is 0 Å². The third kappa shape index (κ3) is 3.64. The maximum atomic E-state index is 12.2. The summed E-state index contributed by atoms with van der Waals surface area (Å²) in [4.78, 5) is 14.0. The van der Waals surface area contributed by atoms with Crippen LogP contribution in [0.4, 0.5) is 0 Å². The first kappa shape index (κ1) is 14.2. The summed E-state index contributed by atoms with van der Waals surface area (Å²) in [6, 6.07) is 6.64. The van der Waals surface area contributed by atoms with E-state index in [1.165, 1.54) is 0 Å². The second-order valence-electron chi connectivity index (χ2n) is 4.94. The van der Waals surface area contributed by atoms with Gasteiger partial charge < -0.3 is 15.7 Å². The number of hydrogen-bond donors (Lipinski definition) is 2. The molecule has 0 radical (unpaired) electrons. The largest absolute Gasteiger partial charge is 0.508 e. The van der Waals surface area contributed by atoms with Gasteiger partial charge in [0.2, 0.25) is 5.91 Å². The van der Waals surface area contributed by atoms with Crippen molar-refractivity contribution in [3.8, 4) is 5.75 Å². The molecule has 5 heteroatoms. The molecule has 1 unspecified atom stereocenters. The Labute approximate surface area is 118 Å². The fourth-order valence-electron chi connectivity index (χ4n) is 2.24. The van der Waals surface area contributed by atoms with Crippen LogP contribution in [-0.2, 0) is 11.2 Å². The van der Waals surface area contributed by atoms with Crippen LogP contribution < -0.4 is 5.73 Å². The first-order valence-electron chi connectivity index (χ1n) is 6.46. The standard InChI is InChI=1S/C14H20N2O2S/c1-16(11-6-7-19-9-11)14(18)13(15)8-10-2-4-12(17)5-3-10/h2-5,11,13,17H,6-9,15H2,1H3/t11?,13-/m0/s1. The molecular weight excluding hydrogens is 260 g/mol. The number of rotatable bonds is 4. The van der Waals surface area contributed by atoms with Crippen LogP contribution in [0, 0.1) is 0 Å². The smallest absolute Gasteiger partial charge is 0.239 e. The minimum atomic E-state index is -0.514. The number of hydrogen-bond acceptors (Lipinski definition) is 4. The number of phenols is 1. The summed E-state index contributed by atoms with van der Waals surface area (Å²) < 4.78 is 0. The molecule has 1 aromatic carbocycles. The van der Waals surface area contributed by atoms with Crippen molar-refractivity contribution in [2.24, 2.45) is 5.73 Å². The number of phenolic OH excluding ortho intramolecular Hbond substituents is 1. The van der Waals surface area contributed by atoms with E-state index in [1.54, 1.807) is 29.2 Å². The third-order valence-electron chi connectivity index (χ3n) is 3.51. The number of likely N-dealkylation sites (N-methyl/N-ethyl adjacent to an activating group) is 1. The fraction of sp³-hybridized carbons (Fsp3) is 0.500. The van der Waals surface area contributed by atoms with Crippen molar-refractivity contribution in [1.82, 2.24) is 4.90 Å². The van der Waals surface area contributed by atoms with Gasteiger partial charge in [-0.1, -0.05) is 12.1 Å². The minimum absolute atomic E-state index is 0.000532. The van der Waals surface area contributed by atoms with E-state index in [-0.39, 0.29) is 11.7 Å². The fourth-order valence-corrected chi connectivity index (χ4v) is 3.51. The first-order chi connectivity index (χ1) is 9.08. The normalized spacial score (nSPS) is 20.2. The van der Waals surface area contributed by atoms with Crippen molar-refractivity contribution >= 4 is 17.7 Å². The van der Waals surface area contributed by atoms with E-state index in [4.69, 9.17) is 5.73 Å². The van der Waals surface area contributed by atoms with Crippen LogP contribution in [0.5, 0.6) is 5.75 Å². The van der Waals surface area contributed by atoms with Crippen LogP contribution in [0.25, 0.3) is 0 Å². The number of carbonyl (C=O) groups is 1. The van der Waals surface area contributed by atoms with Crippen molar-refractivity contribution in [2.75, 3.05) is 18.6 Å². The van der Waals surface area contributed by atoms with Crippen molar-refractivity contribution in [2.45, 2.75) is 24.9 Å². The molecule has 0 aromatic heterocycles. The summed E-state index contributed by atoms with van der Waals surface area (Å²) in [5, 5.41) is 9.22. The number of thioether (sulfide) groups is 1. The zero-order valence-electron chi connectivity index (χ0n) is 11.1. The van der Waals surface area contributed by atoms with Crippen LogP contribution in [-0.4, -0.2) is 46.6 Å². The Morgan fingerprint density at radius 3 is 2.79 bits per heavy atom. The SMILES string of the molecule is CN(C(=O)[C@@H](N)Cc1ccc(O)cc1)C1CCSC1. The molecule has 1 amide bonds. The van der Waals surface area contributed by atoms with E-state index < -0.39 is 6.04 Å². The summed E-state index contributed by atoms with van der Waals surface area (Å²) in [6.45, 7) is 0. The Balaban J connectivity index is 1.93. The van der Waals surface area contributed by atoms with Crippen LogP contribution in [0.1, 0.15) is 12.0 Å². The van der Waals surface area contributed by atoms with Gasteiger partial charge >= 0.3 is 0 Å². The summed E-state index contributed by atoms with van der Waals surface area (Å²) in [5.74, 6) is 2.35. The van der Waals surface area contributed by atoms with Crippen molar-refractivity contribution in [3.63, 3.8) is 0 Å². The molecular formula is C14H20N2O2S. The predicted octanol–water partition coefficient (Wildman–Crippen LogP) is 1.23. The van der Waals surface area contributed by atoms with Crippen molar-refractivity contribution in [3.05, 3.63) is 29.8 Å². The van der Waals surface area contributed by atoms with Crippen molar-refractivity contribution < 1.29 is 9.90 Å². The third-order valence-corrected chi connectivity index (χ3v) is 4.66. The molecule has 19 heavy (non-hydrogen) atoms. The first-order valence-corrected chi connectivity index (χ1v) is 7.61. The van der Waals surface area contributed by atoms with Crippen LogP contribution in [0.3, 0.4) is 0 Å². The van der Waals surface area contributed by atoms with E-state index in [0.717, 1.165) is 23.5 Å². The molecule has 1 saturated heterocycles.